The van der Waals surface area contributed by atoms with Gasteiger partial charge >= 0.3 is 0 Å². The maximum absolute atomic E-state index is 14.2. The van der Waals surface area contributed by atoms with Crippen molar-refractivity contribution >= 4 is 79.9 Å². The predicted octanol–water partition coefficient (Wildman–Crippen LogP) is 6.26. The van der Waals surface area contributed by atoms with Gasteiger partial charge in [-0.2, -0.15) is 0 Å². The van der Waals surface area contributed by atoms with Gasteiger partial charge in [0.1, 0.15) is 11.4 Å². The second-order valence-electron chi connectivity index (χ2n) is 9.38. The van der Waals surface area contributed by atoms with Crippen LogP contribution >= 0.6 is 46.3 Å². The van der Waals surface area contributed by atoms with Gasteiger partial charge in [-0.25, -0.2) is 4.39 Å². The van der Waals surface area contributed by atoms with E-state index in [9.17, 15) is 18.8 Å². The second-order valence-corrected chi connectivity index (χ2v) is 12.4. The third-order valence-corrected chi connectivity index (χ3v) is 9.85. The summed E-state index contributed by atoms with van der Waals surface area (Å²) in [6, 6.07) is 15.5. The lowest BCUT2D eigenvalue weighted by atomic mass is 9.84. The monoisotopic (exact) mass is 624 g/mol. The van der Waals surface area contributed by atoms with Crippen LogP contribution in [0.2, 0.25) is 10.0 Å². The van der Waals surface area contributed by atoms with Gasteiger partial charge in [0.2, 0.25) is 10.9 Å². The lowest BCUT2D eigenvalue weighted by molar-refractivity contribution is -0.121. The van der Waals surface area contributed by atoms with Crippen LogP contribution in [-0.2, 0) is 16.1 Å². The third kappa shape index (κ3) is 3.69. The first-order valence-electron chi connectivity index (χ1n) is 12.1. The molecule has 2 aromatic heterocycles. The van der Waals surface area contributed by atoms with E-state index in [1.54, 1.807) is 43.4 Å². The van der Waals surface area contributed by atoms with Gasteiger partial charge in [0.05, 0.1) is 10.9 Å². The Morgan fingerprint density at radius 1 is 1.05 bits per heavy atom. The van der Waals surface area contributed by atoms with E-state index in [1.165, 1.54) is 27.6 Å². The minimum Gasteiger partial charge on any atom is -0.450 e. The van der Waals surface area contributed by atoms with E-state index < -0.39 is 28.6 Å². The maximum atomic E-state index is 14.2. The smallest absolute Gasteiger partial charge is 0.297 e. The number of rotatable bonds is 4. The number of para-hydroxylation sites is 1. The van der Waals surface area contributed by atoms with E-state index in [2.05, 4.69) is 10.2 Å². The van der Waals surface area contributed by atoms with Crippen LogP contribution in [0.5, 0.6) is 0 Å². The van der Waals surface area contributed by atoms with Crippen molar-refractivity contribution in [3.8, 4) is 0 Å². The van der Waals surface area contributed by atoms with E-state index in [-0.39, 0.29) is 27.4 Å². The highest BCUT2D eigenvalue weighted by molar-refractivity contribution is 8.00. The van der Waals surface area contributed by atoms with Crippen LogP contribution in [0.3, 0.4) is 0 Å². The molecule has 0 saturated heterocycles. The number of anilines is 2. The largest absolute Gasteiger partial charge is 0.450 e. The number of hydrogen-bond acceptors (Lipinski definition) is 8. The molecule has 4 heterocycles. The van der Waals surface area contributed by atoms with Gasteiger partial charge in [-0.1, -0.05) is 70.6 Å². The molecule has 2 aliphatic rings. The average molecular weight is 625 g/mol. The maximum Gasteiger partial charge on any atom is 0.297 e. The number of aromatic nitrogens is 2. The van der Waals surface area contributed by atoms with Crippen LogP contribution in [0.15, 0.2) is 74.2 Å². The summed E-state index contributed by atoms with van der Waals surface area (Å²) in [7, 11) is 1.57. The summed E-state index contributed by atoms with van der Waals surface area (Å²) in [6.07, 6.45) is 0. The summed E-state index contributed by atoms with van der Waals surface area (Å²) >= 11 is 14.7. The molecule has 0 saturated carbocycles. The molecule has 13 heteroatoms. The Balaban J connectivity index is 1.41. The standard InChI is InChI=1S/C28H15Cl2FN4O4S2/c1-34-19-5-3-2-4-17(19)28(25(34)38)21-22(36)16-11-15(31)8-9-20(16)39-23(21)24(37)35(28)26-32-33-27(41-26)40-12-13-6-7-14(29)10-18(13)30/h2-11H,12H2,1H3. The number of amides is 2. The third-order valence-electron chi connectivity index (χ3n) is 7.17. The van der Waals surface area contributed by atoms with Gasteiger partial charge < -0.3 is 9.32 Å². The molecular formula is C28H15Cl2FN4O4S2. The van der Waals surface area contributed by atoms with E-state index in [0.29, 0.717) is 31.4 Å². The van der Waals surface area contributed by atoms with Crippen LogP contribution in [-0.4, -0.2) is 29.1 Å². The molecule has 0 radical (unpaired) electrons. The summed E-state index contributed by atoms with van der Waals surface area (Å²) in [4.78, 5) is 44.9. The molecule has 2 aliphatic heterocycles. The lowest BCUT2D eigenvalue weighted by Gasteiger charge is -2.31. The summed E-state index contributed by atoms with van der Waals surface area (Å²) < 4.78 is 20.6. The molecule has 7 rings (SSSR count). The molecule has 0 fully saturated rings. The van der Waals surface area contributed by atoms with Crippen LogP contribution in [0.1, 0.15) is 27.2 Å². The number of halogens is 3. The highest BCUT2D eigenvalue weighted by Crippen LogP contribution is 2.54. The minimum atomic E-state index is -1.92. The van der Waals surface area contributed by atoms with Gasteiger partial charge in [0.15, 0.2) is 15.3 Å². The summed E-state index contributed by atoms with van der Waals surface area (Å²) in [5.74, 6) is -1.78. The number of likely N-dealkylation sites (N-methyl/N-ethyl adjacent to an activating group) is 1. The zero-order valence-corrected chi connectivity index (χ0v) is 24.0. The zero-order valence-electron chi connectivity index (χ0n) is 20.9. The molecule has 1 spiro atoms. The average Bonchev–Trinajstić information content (AvgIpc) is 3.58. The minimum absolute atomic E-state index is 0.0286. The topological polar surface area (TPSA) is 96.6 Å². The second kappa shape index (κ2) is 9.38. The van der Waals surface area contributed by atoms with Crippen molar-refractivity contribution in [2.75, 3.05) is 16.8 Å². The molecule has 0 N–H and O–H groups in total. The number of hydrogen-bond donors (Lipinski definition) is 0. The first-order chi connectivity index (χ1) is 19.7. The predicted molar refractivity (Wildman–Crippen MR) is 156 cm³/mol. The molecule has 1 atom stereocenters. The highest BCUT2D eigenvalue weighted by Gasteiger charge is 2.66. The van der Waals surface area contributed by atoms with Gasteiger partial charge in [-0.15, -0.1) is 10.2 Å². The Hall–Kier alpha value is -3.77. The first kappa shape index (κ1) is 26.1. The summed E-state index contributed by atoms with van der Waals surface area (Å²) in [5, 5.41) is 9.56. The Labute approximate surface area is 249 Å². The number of benzene rings is 3. The molecule has 8 nitrogen and oxygen atoms in total. The fourth-order valence-electron chi connectivity index (χ4n) is 5.37. The van der Waals surface area contributed by atoms with Crippen molar-refractivity contribution in [3.05, 3.63) is 109 Å². The Morgan fingerprint density at radius 2 is 1.85 bits per heavy atom. The molecule has 41 heavy (non-hydrogen) atoms. The zero-order chi connectivity index (χ0) is 28.6. The highest BCUT2D eigenvalue weighted by atomic mass is 35.5. The molecule has 3 aromatic carbocycles. The fraction of sp³-hybridized carbons (Fsp3) is 0.107. The van der Waals surface area contributed by atoms with E-state index >= 15 is 0 Å². The Kier molecular flexibility index (Phi) is 5.98. The van der Waals surface area contributed by atoms with Crippen LogP contribution in [0.4, 0.5) is 15.2 Å². The van der Waals surface area contributed by atoms with Crippen molar-refractivity contribution in [2.45, 2.75) is 15.6 Å². The number of carbonyl (C=O) groups is 2. The molecule has 1 unspecified atom stereocenters. The van der Waals surface area contributed by atoms with Crippen LogP contribution < -0.4 is 15.2 Å². The molecule has 0 aliphatic carbocycles. The molecular weight excluding hydrogens is 610 g/mol. The van der Waals surface area contributed by atoms with Crippen molar-refractivity contribution in [3.63, 3.8) is 0 Å². The van der Waals surface area contributed by atoms with Gasteiger partial charge in [0, 0.05) is 34.1 Å². The van der Waals surface area contributed by atoms with Crippen LogP contribution in [0, 0.1) is 5.82 Å². The number of carbonyl (C=O) groups excluding carboxylic acids is 2. The van der Waals surface area contributed by atoms with Gasteiger partial charge in [-0.3, -0.25) is 19.3 Å². The summed E-state index contributed by atoms with van der Waals surface area (Å²) in [6.45, 7) is 0. The SMILES string of the molecule is CN1C(=O)C2(c3ccccc31)c1c(oc3ccc(F)cc3c1=O)C(=O)N2c1nnc(SCc2ccc(Cl)cc2Cl)s1. The van der Waals surface area contributed by atoms with Gasteiger partial charge in [0.25, 0.3) is 11.8 Å². The molecule has 204 valence electrons. The van der Waals surface area contributed by atoms with Crippen molar-refractivity contribution in [1.82, 2.24) is 10.2 Å². The lowest BCUT2D eigenvalue weighted by Crippen LogP contribution is -2.53. The molecule has 0 bridgehead atoms. The van der Waals surface area contributed by atoms with E-state index in [4.69, 9.17) is 27.6 Å². The molecule has 2 amide bonds. The van der Waals surface area contributed by atoms with Crippen molar-refractivity contribution in [2.24, 2.45) is 0 Å². The Morgan fingerprint density at radius 3 is 2.66 bits per heavy atom. The number of fused-ring (bicyclic) bond motifs is 5. The van der Waals surface area contributed by atoms with Crippen LogP contribution in [0.25, 0.3) is 11.0 Å². The van der Waals surface area contributed by atoms with E-state index in [0.717, 1.165) is 29.0 Å². The molecule has 5 aromatic rings. The van der Waals surface area contributed by atoms with Gasteiger partial charge in [-0.05, 0) is 42.0 Å². The quantitative estimate of drug-likeness (QED) is 0.172. The van der Waals surface area contributed by atoms with Crippen molar-refractivity contribution in [1.29, 1.82) is 0 Å². The number of thioether (sulfide) groups is 1. The first-order valence-corrected chi connectivity index (χ1v) is 14.7. The van der Waals surface area contributed by atoms with E-state index in [1.807, 2.05) is 6.07 Å². The van der Waals surface area contributed by atoms with Crippen molar-refractivity contribution < 1.29 is 18.4 Å². The normalized spacial score (nSPS) is 17.7. The number of nitrogens with zero attached hydrogens (tertiary/aromatic N) is 4. The summed E-state index contributed by atoms with van der Waals surface area (Å²) in [5.41, 5.74) is -1.00. The fourth-order valence-corrected chi connectivity index (χ4v) is 7.82. The Bertz CT molecular complexity index is 2020.